The molecule has 0 aliphatic carbocycles. The smallest absolute Gasteiger partial charge is 0.255 e. The summed E-state index contributed by atoms with van der Waals surface area (Å²) in [5.74, 6) is 0.0142. The third-order valence-corrected chi connectivity index (χ3v) is 5.64. The summed E-state index contributed by atoms with van der Waals surface area (Å²) in [5, 5.41) is 8.12. The Bertz CT molecular complexity index is 1150. The monoisotopic (exact) mass is 466 g/mol. The van der Waals surface area contributed by atoms with Gasteiger partial charge in [0.1, 0.15) is 12.4 Å². The van der Waals surface area contributed by atoms with Crippen molar-refractivity contribution in [1.29, 1.82) is 0 Å². The van der Waals surface area contributed by atoms with E-state index in [4.69, 9.17) is 16.7 Å². The second-order valence-electron chi connectivity index (χ2n) is 9.12. The summed E-state index contributed by atoms with van der Waals surface area (Å²) in [6.07, 6.45) is 0.721. The molecule has 1 heterocycles. The van der Waals surface area contributed by atoms with Crippen LogP contribution >= 0.6 is 11.6 Å². The largest absolute Gasteiger partial charge is 0.329 e. The molecule has 33 heavy (non-hydrogen) atoms. The van der Waals surface area contributed by atoms with E-state index in [0.717, 1.165) is 23.4 Å². The van der Waals surface area contributed by atoms with E-state index in [1.807, 2.05) is 44.2 Å². The SMILES string of the molecule is CCCN(CC(=O)Nc1cc(C(C)(C)C)nn1-c1ccccc1C)C(=O)c1ccccc1Cl. The zero-order chi connectivity index (χ0) is 24.2. The molecule has 0 fully saturated rings. The average molecular weight is 467 g/mol. The maximum Gasteiger partial charge on any atom is 0.255 e. The molecule has 0 radical (unpaired) electrons. The number of rotatable bonds is 7. The lowest BCUT2D eigenvalue weighted by molar-refractivity contribution is -0.116. The van der Waals surface area contributed by atoms with Crippen molar-refractivity contribution in [3.8, 4) is 5.69 Å². The number of halogens is 1. The zero-order valence-corrected chi connectivity index (χ0v) is 20.6. The number of carbonyl (C=O) groups excluding carboxylic acids is 2. The van der Waals surface area contributed by atoms with Gasteiger partial charge in [-0.1, -0.05) is 69.6 Å². The highest BCUT2D eigenvalue weighted by Gasteiger charge is 2.24. The van der Waals surface area contributed by atoms with Crippen molar-refractivity contribution in [3.05, 3.63) is 76.4 Å². The number of benzene rings is 2. The fourth-order valence-electron chi connectivity index (χ4n) is 3.50. The third-order valence-electron chi connectivity index (χ3n) is 5.31. The number of anilines is 1. The summed E-state index contributed by atoms with van der Waals surface area (Å²) >= 11 is 6.22. The number of nitrogens with one attached hydrogen (secondary N) is 1. The van der Waals surface area contributed by atoms with Gasteiger partial charge in [-0.15, -0.1) is 0 Å². The van der Waals surface area contributed by atoms with Crippen LogP contribution in [0.15, 0.2) is 54.6 Å². The predicted octanol–water partition coefficient (Wildman–Crippen LogP) is 5.62. The first-order chi connectivity index (χ1) is 15.6. The van der Waals surface area contributed by atoms with Gasteiger partial charge in [0.05, 0.1) is 22.0 Å². The quantitative estimate of drug-likeness (QED) is 0.491. The van der Waals surface area contributed by atoms with Gasteiger partial charge in [-0.3, -0.25) is 9.59 Å². The van der Waals surface area contributed by atoms with Crippen LogP contribution in [0.25, 0.3) is 5.69 Å². The zero-order valence-electron chi connectivity index (χ0n) is 19.9. The van der Waals surface area contributed by atoms with Crippen LogP contribution in [-0.2, 0) is 10.2 Å². The van der Waals surface area contributed by atoms with Crippen LogP contribution in [0.4, 0.5) is 5.82 Å². The first-order valence-electron chi connectivity index (χ1n) is 11.1. The molecular formula is C26H31ClN4O2. The number of hydrogen-bond acceptors (Lipinski definition) is 3. The van der Waals surface area contributed by atoms with Gasteiger partial charge in [-0.05, 0) is 37.1 Å². The maximum absolute atomic E-state index is 13.1. The first-order valence-corrected chi connectivity index (χ1v) is 11.5. The Balaban J connectivity index is 1.88. The summed E-state index contributed by atoms with van der Waals surface area (Å²) in [6.45, 7) is 10.6. The molecule has 0 saturated heterocycles. The number of aromatic nitrogens is 2. The fourth-order valence-corrected chi connectivity index (χ4v) is 3.72. The van der Waals surface area contributed by atoms with Crippen molar-refractivity contribution < 1.29 is 9.59 Å². The van der Waals surface area contributed by atoms with Crippen molar-refractivity contribution in [2.75, 3.05) is 18.4 Å². The van der Waals surface area contributed by atoms with Gasteiger partial charge < -0.3 is 10.2 Å². The van der Waals surface area contributed by atoms with Crippen LogP contribution in [0.2, 0.25) is 5.02 Å². The minimum Gasteiger partial charge on any atom is -0.329 e. The van der Waals surface area contributed by atoms with E-state index < -0.39 is 0 Å². The van der Waals surface area contributed by atoms with Crippen LogP contribution in [0.5, 0.6) is 0 Å². The highest BCUT2D eigenvalue weighted by atomic mass is 35.5. The molecule has 0 atom stereocenters. The number of para-hydroxylation sites is 1. The van der Waals surface area contributed by atoms with Gasteiger partial charge >= 0.3 is 0 Å². The highest BCUT2D eigenvalue weighted by molar-refractivity contribution is 6.33. The molecule has 0 aliphatic heterocycles. The van der Waals surface area contributed by atoms with E-state index in [1.54, 1.807) is 28.9 Å². The molecule has 1 N–H and O–H groups in total. The molecule has 6 nitrogen and oxygen atoms in total. The van der Waals surface area contributed by atoms with Gasteiger partial charge in [-0.25, -0.2) is 4.68 Å². The van der Waals surface area contributed by atoms with Crippen molar-refractivity contribution >= 4 is 29.2 Å². The summed E-state index contributed by atoms with van der Waals surface area (Å²) in [4.78, 5) is 27.6. The van der Waals surface area contributed by atoms with Crippen LogP contribution in [0.1, 0.15) is 55.7 Å². The minimum absolute atomic E-state index is 0.0816. The Hall–Kier alpha value is -3.12. The lowest BCUT2D eigenvalue weighted by Crippen LogP contribution is -2.38. The van der Waals surface area contributed by atoms with E-state index in [0.29, 0.717) is 22.9 Å². The first kappa shape index (κ1) is 24.5. The molecular weight excluding hydrogens is 436 g/mol. The molecule has 0 saturated carbocycles. The normalized spacial score (nSPS) is 11.3. The molecule has 2 aromatic carbocycles. The van der Waals surface area contributed by atoms with Crippen LogP contribution in [-0.4, -0.2) is 39.6 Å². The van der Waals surface area contributed by atoms with Crippen molar-refractivity contribution in [3.63, 3.8) is 0 Å². The Kier molecular flexibility index (Phi) is 7.59. The second-order valence-corrected chi connectivity index (χ2v) is 9.53. The van der Waals surface area contributed by atoms with E-state index in [9.17, 15) is 9.59 Å². The molecule has 1 aromatic heterocycles. The minimum atomic E-state index is -0.293. The summed E-state index contributed by atoms with van der Waals surface area (Å²) in [6, 6.07) is 16.7. The molecule has 7 heteroatoms. The Morgan fingerprint density at radius 1 is 1.09 bits per heavy atom. The summed E-state index contributed by atoms with van der Waals surface area (Å²) < 4.78 is 1.76. The van der Waals surface area contributed by atoms with Gasteiger partial charge in [0, 0.05) is 18.0 Å². The summed E-state index contributed by atoms with van der Waals surface area (Å²) in [7, 11) is 0. The van der Waals surface area contributed by atoms with Crippen molar-refractivity contribution in [2.24, 2.45) is 0 Å². The second kappa shape index (κ2) is 10.2. The van der Waals surface area contributed by atoms with E-state index >= 15 is 0 Å². The molecule has 0 spiro atoms. The molecule has 0 aliphatic rings. The predicted molar refractivity (Wildman–Crippen MR) is 133 cm³/mol. The van der Waals surface area contributed by atoms with Crippen LogP contribution in [0.3, 0.4) is 0 Å². The third kappa shape index (κ3) is 5.82. The topological polar surface area (TPSA) is 67.2 Å². The molecule has 2 amide bonds. The maximum atomic E-state index is 13.1. The van der Waals surface area contributed by atoms with Gasteiger partial charge in [0.15, 0.2) is 0 Å². The number of amides is 2. The number of aryl methyl sites for hydroxylation is 1. The lowest BCUT2D eigenvalue weighted by Gasteiger charge is -2.22. The standard InChI is InChI=1S/C26H31ClN4O2/c1-6-15-30(25(33)19-12-8-9-13-20(19)27)17-24(32)28-23-16-22(26(3,4)5)29-31(23)21-14-10-7-11-18(21)2/h7-14,16H,6,15,17H2,1-5H3,(H,28,32). The van der Waals surface area contributed by atoms with E-state index in [-0.39, 0.29) is 23.8 Å². The molecule has 3 rings (SSSR count). The van der Waals surface area contributed by atoms with Crippen LogP contribution < -0.4 is 5.32 Å². The van der Waals surface area contributed by atoms with Gasteiger partial charge in [0.25, 0.3) is 5.91 Å². The number of nitrogens with zero attached hydrogens (tertiary/aromatic N) is 3. The lowest BCUT2D eigenvalue weighted by atomic mass is 9.92. The Morgan fingerprint density at radius 2 is 1.76 bits per heavy atom. The van der Waals surface area contributed by atoms with Gasteiger partial charge in [-0.2, -0.15) is 5.10 Å². The summed E-state index contributed by atoms with van der Waals surface area (Å²) in [5.41, 5.74) is 2.99. The Morgan fingerprint density at radius 3 is 2.39 bits per heavy atom. The van der Waals surface area contributed by atoms with Crippen molar-refractivity contribution in [2.45, 2.75) is 46.5 Å². The van der Waals surface area contributed by atoms with Crippen molar-refractivity contribution in [1.82, 2.24) is 14.7 Å². The van der Waals surface area contributed by atoms with Gasteiger partial charge in [0.2, 0.25) is 5.91 Å². The average Bonchev–Trinajstić information content (AvgIpc) is 3.17. The molecule has 3 aromatic rings. The molecule has 174 valence electrons. The number of carbonyl (C=O) groups is 2. The molecule has 0 unspecified atom stereocenters. The number of hydrogen-bond donors (Lipinski definition) is 1. The molecule has 0 bridgehead atoms. The van der Waals surface area contributed by atoms with E-state index in [1.165, 1.54) is 4.90 Å². The Labute approximate surface area is 200 Å². The fraction of sp³-hybridized carbons (Fsp3) is 0.346. The van der Waals surface area contributed by atoms with E-state index in [2.05, 4.69) is 26.1 Å². The van der Waals surface area contributed by atoms with Crippen LogP contribution in [0, 0.1) is 6.92 Å². The highest BCUT2D eigenvalue weighted by Crippen LogP contribution is 2.27.